The van der Waals surface area contributed by atoms with Crippen LogP contribution in [0.3, 0.4) is 0 Å². The molecule has 1 aliphatic heterocycles. The zero-order chi connectivity index (χ0) is 21.3. The Morgan fingerprint density at radius 2 is 1.17 bits per heavy atom. The first-order chi connectivity index (χ1) is 14.1. The summed E-state index contributed by atoms with van der Waals surface area (Å²) in [5.74, 6) is 0.0448. The Kier molecular flexibility index (Phi) is 14.9. The van der Waals surface area contributed by atoms with E-state index >= 15 is 0 Å². The summed E-state index contributed by atoms with van der Waals surface area (Å²) in [5, 5.41) is 0. The van der Waals surface area contributed by atoms with Crippen LogP contribution in [-0.2, 0) is 9.59 Å². The van der Waals surface area contributed by atoms with Crippen molar-refractivity contribution in [3.05, 3.63) is 11.6 Å². The monoisotopic (exact) mass is 405 g/mol. The fourth-order valence-electron chi connectivity index (χ4n) is 4.49. The molecule has 29 heavy (non-hydrogen) atoms. The Morgan fingerprint density at radius 1 is 0.759 bits per heavy atom. The van der Waals surface area contributed by atoms with E-state index < -0.39 is 0 Å². The lowest BCUT2D eigenvalue weighted by atomic mass is 9.98. The number of nitrogens with zero attached hydrogens (tertiary/aromatic N) is 1. The molecule has 0 aliphatic carbocycles. The van der Waals surface area contributed by atoms with Crippen LogP contribution in [0.25, 0.3) is 0 Å². The number of carbonyl (C=O) groups is 2. The molecule has 1 atom stereocenters. The first kappa shape index (κ1) is 25.9. The molecule has 1 fully saturated rings. The maximum absolute atomic E-state index is 12.2. The predicted octanol–water partition coefficient (Wildman–Crippen LogP) is 7.73. The van der Waals surface area contributed by atoms with Gasteiger partial charge in [0.05, 0.1) is 6.04 Å². The summed E-state index contributed by atoms with van der Waals surface area (Å²) in [6, 6.07) is -0.00484. The summed E-state index contributed by atoms with van der Waals surface area (Å²) in [6.45, 7) is 6.47. The Hall–Kier alpha value is -1.12. The molecule has 1 aliphatic rings. The molecule has 0 radical (unpaired) electrons. The van der Waals surface area contributed by atoms with Gasteiger partial charge in [0.25, 0.3) is 0 Å². The third-order valence-electron chi connectivity index (χ3n) is 6.28. The maximum atomic E-state index is 12.2. The van der Waals surface area contributed by atoms with Crippen molar-refractivity contribution in [3.63, 3.8) is 0 Å². The maximum Gasteiger partial charge on any atom is 0.230 e. The number of rotatable bonds is 18. The van der Waals surface area contributed by atoms with Gasteiger partial charge < -0.3 is 0 Å². The molecule has 0 bridgehead atoms. The average Bonchev–Trinajstić information content (AvgIpc) is 3.03. The quantitative estimate of drug-likeness (QED) is 0.133. The van der Waals surface area contributed by atoms with Gasteiger partial charge in [-0.2, -0.15) is 0 Å². The summed E-state index contributed by atoms with van der Waals surface area (Å²) >= 11 is 0. The van der Waals surface area contributed by atoms with Gasteiger partial charge in [-0.25, -0.2) is 0 Å². The fraction of sp³-hybridized carbons (Fsp3) is 0.846. The van der Waals surface area contributed by atoms with Crippen LogP contribution in [0.2, 0.25) is 0 Å². The molecule has 1 saturated heterocycles. The summed E-state index contributed by atoms with van der Waals surface area (Å²) in [7, 11) is 0. The highest BCUT2D eigenvalue weighted by Gasteiger charge is 2.35. The predicted molar refractivity (Wildman–Crippen MR) is 124 cm³/mol. The molecular weight excluding hydrogens is 358 g/mol. The lowest BCUT2D eigenvalue weighted by molar-refractivity contribution is -0.140. The van der Waals surface area contributed by atoms with Gasteiger partial charge in [-0.15, -0.1) is 0 Å². The summed E-state index contributed by atoms with van der Waals surface area (Å²) < 4.78 is 0. The second-order valence-electron chi connectivity index (χ2n) is 8.91. The van der Waals surface area contributed by atoms with Crippen LogP contribution in [0.4, 0.5) is 0 Å². The molecule has 168 valence electrons. The number of hydrogen-bond acceptors (Lipinski definition) is 2. The molecule has 3 heteroatoms. The van der Waals surface area contributed by atoms with E-state index in [1.807, 2.05) is 0 Å². The number of hydrogen-bond donors (Lipinski definition) is 0. The molecule has 1 rings (SSSR count). The third-order valence-corrected chi connectivity index (χ3v) is 6.28. The lowest BCUT2D eigenvalue weighted by Crippen LogP contribution is -2.40. The number of carbonyl (C=O) groups excluding carboxylic acids is 2. The normalized spacial score (nSPS) is 16.1. The van der Waals surface area contributed by atoms with E-state index in [1.54, 1.807) is 4.90 Å². The largest absolute Gasteiger partial charge is 0.275 e. The van der Waals surface area contributed by atoms with E-state index in [-0.39, 0.29) is 17.9 Å². The molecule has 2 amide bonds. The minimum Gasteiger partial charge on any atom is -0.275 e. The van der Waals surface area contributed by atoms with Gasteiger partial charge in [0.15, 0.2) is 0 Å². The summed E-state index contributed by atoms with van der Waals surface area (Å²) in [6.07, 6.45) is 23.8. The van der Waals surface area contributed by atoms with Gasteiger partial charge in [-0.05, 0) is 19.8 Å². The van der Waals surface area contributed by atoms with Crippen molar-refractivity contribution in [1.29, 1.82) is 0 Å². The van der Waals surface area contributed by atoms with Gasteiger partial charge in [-0.3, -0.25) is 14.5 Å². The van der Waals surface area contributed by atoms with Gasteiger partial charge in [0.2, 0.25) is 11.8 Å². The zero-order valence-electron chi connectivity index (χ0n) is 19.6. The minimum absolute atomic E-state index is 0.00484. The number of likely N-dealkylation sites (tertiary alicyclic amines) is 1. The standard InChI is InChI=1S/C26H47NO2/c1-4-6-7-8-9-10-11-12-13-14-15-16-17-18-20-24(23(3)19-5-2)27-25(28)21-22-26(27)29/h19,24H,4-18,20-22H2,1-3H3. The van der Waals surface area contributed by atoms with Crippen molar-refractivity contribution in [3.8, 4) is 0 Å². The molecule has 0 N–H and O–H groups in total. The Balaban J connectivity index is 2.10. The second-order valence-corrected chi connectivity index (χ2v) is 8.91. The number of unbranched alkanes of at least 4 members (excludes halogenated alkanes) is 13. The molecule has 3 nitrogen and oxygen atoms in total. The molecule has 1 unspecified atom stereocenters. The molecule has 0 aromatic rings. The van der Waals surface area contributed by atoms with E-state index in [4.69, 9.17) is 0 Å². The molecule has 1 heterocycles. The lowest BCUT2D eigenvalue weighted by Gasteiger charge is -2.27. The van der Waals surface area contributed by atoms with Crippen molar-refractivity contribution in [2.75, 3.05) is 0 Å². The van der Waals surface area contributed by atoms with Crippen LogP contribution in [-0.4, -0.2) is 22.8 Å². The van der Waals surface area contributed by atoms with Crippen molar-refractivity contribution >= 4 is 11.8 Å². The van der Waals surface area contributed by atoms with E-state index in [1.165, 1.54) is 89.0 Å². The van der Waals surface area contributed by atoms with Crippen LogP contribution in [0.1, 0.15) is 136 Å². The van der Waals surface area contributed by atoms with Crippen LogP contribution in [0.5, 0.6) is 0 Å². The highest BCUT2D eigenvalue weighted by molar-refractivity contribution is 6.02. The summed E-state index contributed by atoms with van der Waals surface area (Å²) in [5.41, 5.74) is 1.19. The molecule has 0 aromatic heterocycles. The third kappa shape index (κ3) is 11.0. The van der Waals surface area contributed by atoms with E-state index in [0.29, 0.717) is 12.8 Å². The number of imide groups is 1. The van der Waals surface area contributed by atoms with E-state index in [2.05, 4.69) is 26.8 Å². The first-order valence-electron chi connectivity index (χ1n) is 12.6. The Morgan fingerprint density at radius 3 is 1.59 bits per heavy atom. The van der Waals surface area contributed by atoms with Gasteiger partial charge >= 0.3 is 0 Å². The van der Waals surface area contributed by atoms with Crippen LogP contribution >= 0.6 is 0 Å². The zero-order valence-corrected chi connectivity index (χ0v) is 19.6. The molecular formula is C26H47NO2. The molecule has 0 aromatic carbocycles. The SMILES string of the molecule is CCC=C(C)C(CCCCCCCCCCCCCCCC)N1C(=O)CCC1=O. The van der Waals surface area contributed by atoms with Crippen molar-refractivity contribution in [2.24, 2.45) is 0 Å². The van der Waals surface area contributed by atoms with Crippen LogP contribution in [0.15, 0.2) is 11.6 Å². The Labute approximate surface area is 180 Å². The average molecular weight is 406 g/mol. The molecule has 0 saturated carbocycles. The molecule has 0 spiro atoms. The number of allylic oxidation sites excluding steroid dienone is 1. The van der Waals surface area contributed by atoms with Gasteiger partial charge in [0.1, 0.15) is 0 Å². The van der Waals surface area contributed by atoms with E-state index in [0.717, 1.165) is 19.3 Å². The number of amides is 2. The summed E-state index contributed by atoms with van der Waals surface area (Å²) in [4.78, 5) is 25.9. The first-order valence-corrected chi connectivity index (χ1v) is 12.6. The van der Waals surface area contributed by atoms with Crippen molar-refractivity contribution < 1.29 is 9.59 Å². The van der Waals surface area contributed by atoms with Crippen LogP contribution < -0.4 is 0 Å². The van der Waals surface area contributed by atoms with Gasteiger partial charge in [0, 0.05) is 12.8 Å². The van der Waals surface area contributed by atoms with Crippen molar-refractivity contribution in [2.45, 2.75) is 142 Å². The van der Waals surface area contributed by atoms with Gasteiger partial charge in [-0.1, -0.05) is 115 Å². The second kappa shape index (κ2) is 16.7. The minimum atomic E-state index is -0.00484. The highest BCUT2D eigenvalue weighted by atomic mass is 16.2. The smallest absolute Gasteiger partial charge is 0.230 e. The van der Waals surface area contributed by atoms with E-state index in [9.17, 15) is 9.59 Å². The van der Waals surface area contributed by atoms with Crippen LogP contribution in [0, 0.1) is 0 Å². The highest BCUT2D eigenvalue weighted by Crippen LogP contribution is 2.25. The Bertz CT molecular complexity index is 467. The fourth-order valence-corrected chi connectivity index (χ4v) is 4.49. The van der Waals surface area contributed by atoms with Crippen molar-refractivity contribution in [1.82, 2.24) is 4.90 Å². The topological polar surface area (TPSA) is 37.4 Å².